The van der Waals surface area contributed by atoms with Crippen LogP contribution in [0.15, 0.2) is 24.3 Å². The SMILES string of the molecule is COc1ccc(C2(CC(=O)O)CC(=O)N(C3CCCC3)C2=O)cc1. The van der Waals surface area contributed by atoms with E-state index in [1.54, 1.807) is 24.3 Å². The fourth-order valence-electron chi connectivity index (χ4n) is 3.93. The molecule has 6 nitrogen and oxygen atoms in total. The summed E-state index contributed by atoms with van der Waals surface area (Å²) in [4.78, 5) is 38.4. The lowest BCUT2D eigenvalue weighted by atomic mass is 9.76. The number of hydrogen-bond donors (Lipinski definition) is 1. The molecule has 2 fully saturated rings. The Bertz CT molecular complexity index is 662. The normalized spacial score (nSPS) is 24.6. The second-order valence-corrected chi connectivity index (χ2v) is 6.57. The van der Waals surface area contributed by atoms with Crippen molar-refractivity contribution >= 4 is 17.8 Å². The highest BCUT2D eigenvalue weighted by molar-refractivity contribution is 6.10. The van der Waals surface area contributed by atoms with E-state index in [9.17, 15) is 19.5 Å². The molecule has 2 amide bonds. The largest absolute Gasteiger partial charge is 0.497 e. The van der Waals surface area contributed by atoms with E-state index >= 15 is 0 Å². The Balaban J connectivity index is 2.00. The van der Waals surface area contributed by atoms with Crippen LogP contribution in [0.25, 0.3) is 0 Å². The van der Waals surface area contributed by atoms with Gasteiger partial charge >= 0.3 is 5.97 Å². The molecule has 1 saturated heterocycles. The maximum absolute atomic E-state index is 13.1. The van der Waals surface area contributed by atoms with Crippen molar-refractivity contribution < 1.29 is 24.2 Å². The second kappa shape index (κ2) is 6.26. The molecule has 128 valence electrons. The molecule has 1 unspecified atom stereocenters. The number of benzene rings is 1. The van der Waals surface area contributed by atoms with Crippen molar-refractivity contribution in [2.45, 2.75) is 50.0 Å². The van der Waals surface area contributed by atoms with Crippen LogP contribution in [0.3, 0.4) is 0 Å². The van der Waals surface area contributed by atoms with Crippen molar-refractivity contribution in [3.05, 3.63) is 29.8 Å². The molecular formula is C18H21NO5. The van der Waals surface area contributed by atoms with Gasteiger partial charge in [-0.25, -0.2) is 0 Å². The van der Waals surface area contributed by atoms with E-state index in [-0.39, 0.29) is 30.7 Å². The number of carbonyl (C=O) groups excluding carboxylic acids is 2. The van der Waals surface area contributed by atoms with Gasteiger partial charge in [0, 0.05) is 12.5 Å². The monoisotopic (exact) mass is 331 g/mol. The van der Waals surface area contributed by atoms with Crippen LogP contribution in [0.4, 0.5) is 0 Å². The maximum Gasteiger partial charge on any atom is 0.304 e. The van der Waals surface area contributed by atoms with E-state index in [4.69, 9.17) is 4.74 Å². The van der Waals surface area contributed by atoms with Gasteiger partial charge in [0.1, 0.15) is 5.75 Å². The van der Waals surface area contributed by atoms with Crippen LogP contribution in [-0.2, 0) is 19.8 Å². The zero-order chi connectivity index (χ0) is 17.3. The number of carbonyl (C=O) groups is 3. The van der Waals surface area contributed by atoms with Crippen LogP contribution in [0.2, 0.25) is 0 Å². The first-order valence-electron chi connectivity index (χ1n) is 8.21. The summed E-state index contributed by atoms with van der Waals surface area (Å²) in [5.74, 6) is -1.09. The lowest BCUT2D eigenvalue weighted by Gasteiger charge is -2.28. The summed E-state index contributed by atoms with van der Waals surface area (Å²) in [7, 11) is 1.54. The molecule has 24 heavy (non-hydrogen) atoms. The quantitative estimate of drug-likeness (QED) is 0.836. The third kappa shape index (κ3) is 2.66. The number of imide groups is 1. The van der Waals surface area contributed by atoms with Gasteiger partial charge in [0.2, 0.25) is 11.8 Å². The molecule has 1 saturated carbocycles. The number of nitrogens with zero attached hydrogens (tertiary/aromatic N) is 1. The number of carboxylic acids is 1. The van der Waals surface area contributed by atoms with Gasteiger partial charge < -0.3 is 9.84 Å². The smallest absolute Gasteiger partial charge is 0.304 e. The highest BCUT2D eigenvalue weighted by atomic mass is 16.5. The first-order chi connectivity index (χ1) is 11.5. The highest BCUT2D eigenvalue weighted by Gasteiger charge is 2.55. The fourth-order valence-corrected chi connectivity index (χ4v) is 3.93. The lowest BCUT2D eigenvalue weighted by molar-refractivity contribution is -0.146. The van der Waals surface area contributed by atoms with E-state index < -0.39 is 11.4 Å². The number of methoxy groups -OCH3 is 1. The number of amides is 2. The molecule has 1 aliphatic carbocycles. The molecule has 1 aliphatic heterocycles. The molecule has 0 bridgehead atoms. The molecular weight excluding hydrogens is 310 g/mol. The Hall–Kier alpha value is -2.37. The van der Waals surface area contributed by atoms with Crippen LogP contribution >= 0.6 is 0 Å². The molecule has 3 rings (SSSR count). The summed E-state index contributed by atoms with van der Waals surface area (Å²) in [5, 5.41) is 9.35. The van der Waals surface area contributed by atoms with Gasteiger partial charge in [-0.05, 0) is 30.5 Å². The molecule has 1 aromatic carbocycles. The van der Waals surface area contributed by atoms with Gasteiger partial charge in [-0.3, -0.25) is 19.3 Å². The van der Waals surface area contributed by atoms with Crippen LogP contribution in [-0.4, -0.2) is 40.9 Å². The molecule has 1 heterocycles. The first-order valence-corrected chi connectivity index (χ1v) is 8.21. The van der Waals surface area contributed by atoms with Crippen molar-refractivity contribution in [1.29, 1.82) is 0 Å². The third-order valence-corrected chi connectivity index (χ3v) is 5.14. The summed E-state index contributed by atoms with van der Waals surface area (Å²) >= 11 is 0. The zero-order valence-electron chi connectivity index (χ0n) is 13.7. The predicted octanol–water partition coefficient (Wildman–Crippen LogP) is 2.11. The van der Waals surface area contributed by atoms with Crippen LogP contribution in [0.1, 0.15) is 44.1 Å². The molecule has 6 heteroatoms. The van der Waals surface area contributed by atoms with Crippen molar-refractivity contribution in [3.8, 4) is 5.75 Å². The Morgan fingerprint density at radius 2 is 1.88 bits per heavy atom. The Labute approximate surface area is 140 Å². The fraction of sp³-hybridized carbons (Fsp3) is 0.500. The number of aliphatic carboxylic acids is 1. The third-order valence-electron chi connectivity index (χ3n) is 5.14. The number of likely N-dealkylation sites (tertiary alicyclic amines) is 1. The van der Waals surface area contributed by atoms with Gasteiger partial charge in [0.05, 0.1) is 18.9 Å². The van der Waals surface area contributed by atoms with Crippen LogP contribution in [0.5, 0.6) is 5.75 Å². The molecule has 0 spiro atoms. The average Bonchev–Trinajstić information content (AvgIpc) is 3.15. The molecule has 0 radical (unpaired) electrons. The molecule has 1 atom stereocenters. The summed E-state index contributed by atoms with van der Waals surface area (Å²) in [6, 6.07) is 6.67. The predicted molar refractivity (Wildman–Crippen MR) is 85.7 cm³/mol. The highest BCUT2D eigenvalue weighted by Crippen LogP contribution is 2.43. The summed E-state index contributed by atoms with van der Waals surface area (Å²) < 4.78 is 5.12. The van der Waals surface area contributed by atoms with Gasteiger partial charge in [-0.2, -0.15) is 0 Å². The second-order valence-electron chi connectivity index (χ2n) is 6.57. The van der Waals surface area contributed by atoms with E-state index in [1.807, 2.05) is 0 Å². The van der Waals surface area contributed by atoms with E-state index in [0.29, 0.717) is 11.3 Å². The minimum Gasteiger partial charge on any atom is -0.497 e. The summed E-state index contributed by atoms with van der Waals surface area (Å²) in [5.41, 5.74) is -0.748. The Morgan fingerprint density at radius 1 is 1.25 bits per heavy atom. The number of ether oxygens (including phenoxy) is 1. The summed E-state index contributed by atoms with van der Waals surface area (Å²) in [6.07, 6.45) is 3.15. The van der Waals surface area contributed by atoms with Crippen molar-refractivity contribution in [2.75, 3.05) is 7.11 Å². The van der Waals surface area contributed by atoms with Crippen LogP contribution < -0.4 is 4.74 Å². The van der Waals surface area contributed by atoms with Gasteiger partial charge in [0.15, 0.2) is 0 Å². The number of carboxylic acid groups (broad SMARTS) is 1. The van der Waals surface area contributed by atoms with E-state index in [1.165, 1.54) is 12.0 Å². The average molecular weight is 331 g/mol. The number of hydrogen-bond acceptors (Lipinski definition) is 4. The van der Waals surface area contributed by atoms with Crippen molar-refractivity contribution in [1.82, 2.24) is 4.90 Å². The minimum absolute atomic E-state index is 0.0824. The molecule has 1 N–H and O–H groups in total. The van der Waals surface area contributed by atoms with Gasteiger partial charge in [0.25, 0.3) is 0 Å². The molecule has 1 aromatic rings. The van der Waals surface area contributed by atoms with Gasteiger partial charge in [-0.1, -0.05) is 25.0 Å². The van der Waals surface area contributed by atoms with Gasteiger partial charge in [-0.15, -0.1) is 0 Å². The van der Waals surface area contributed by atoms with Crippen molar-refractivity contribution in [3.63, 3.8) is 0 Å². The summed E-state index contributed by atoms with van der Waals surface area (Å²) in [6.45, 7) is 0. The lowest BCUT2D eigenvalue weighted by Crippen LogP contribution is -2.44. The van der Waals surface area contributed by atoms with E-state index in [0.717, 1.165) is 25.7 Å². The molecule has 2 aliphatic rings. The van der Waals surface area contributed by atoms with Crippen molar-refractivity contribution in [2.24, 2.45) is 0 Å². The minimum atomic E-state index is -1.31. The maximum atomic E-state index is 13.1. The zero-order valence-corrected chi connectivity index (χ0v) is 13.7. The van der Waals surface area contributed by atoms with Crippen LogP contribution in [0, 0.1) is 0 Å². The number of rotatable bonds is 5. The Kier molecular flexibility index (Phi) is 4.30. The first kappa shape index (κ1) is 16.5. The topological polar surface area (TPSA) is 83.9 Å². The molecule has 0 aromatic heterocycles. The Morgan fingerprint density at radius 3 is 2.42 bits per heavy atom. The van der Waals surface area contributed by atoms with E-state index in [2.05, 4.69) is 0 Å². The standard InChI is InChI=1S/C18H21NO5/c1-24-14-8-6-12(7-9-14)18(11-16(21)22)10-15(20)19(17(18)23)13-4-2-3-5-13/h6-9,13H,2-5,10-11H2,1H3,(H,21,22).